The number of halogens is 1. The van der Waals surface area contributed by atoms with Gasteiger partial charge in [0, 0.05) is 22.4 Å². The van der Waals surface area contributed by atoms with E-state index in [2.05, 4.69) is 17.1 Å². The largest absolute Gasteiger partial charge is 0.456 e. The lowest BCUT2D eigenvalue weighted by Gasteiger charge is -1.97. The Morgan fingerprint density at radius 2 is 1.78 bits per heavy atom. The van der Waals surface area contributed by atoms with Crippen LogP contribution in [0.3, 0.4) is 0 Å². The number of rotatable bonds is 0. The second-order valence-corrected chi connectivity index (χ2v) is 4.69. The Hall–Kier alpha value is -2.06. The van der Waals surface area contributed by atoms with Crippen molar-refractivity contribution in [1.29, 1.82) is 0 Å². The van der Waals surface area contributed by atoms with Gasteiger partial charge in [0.15, 0.2) is 0 Å². The normalized spacial score (nSPS) is 11.6. The summed E-state index contributed by atoms with van der Waals surface area (Å²) in [6, 6.07) is 14.0. The molecular formula is C15H8ClNO. The first-order valence-corrected chi connectivity index (χ1v) is 6.06. The summed E-state index contributed by atoms with van der Waals surface area (Å²) in [5, 5.41) is 4.86. The molecule has 0 atom stereocenters. The summed E-state index contributed by atoms with van der Waals surface area (Å²) in [7, 11) is 0. The van der Waals surface area contributed by atoms with Gasteiger partial charge in [-0.2, -0.15) is 0 Å². The van der Waals surface area contributed by atoms with E-state index in [0.717, 1.165) is 32.7 Å². The van der Waals surface area contributed by atoms with E-state index in [1.165, 1.54) is 0 Å². The van der Waals surface area contributed by atoms with Crippen LogP contribution in [-0.4, -0.2) is 4.98 Å². The van der Waals surface area contributed by atoms with Crippen LogP contribution in [0, 0.1) is 0 Å². The topological polar surface area (TPSA) is 26.0 Å². The quantitative estimate of drug-likeness (QED) is 0.421. The molecule has 4 aromatic rings. The van der Waals surface area contributed by atoms with Crippen molar-refractivity contribution >= 4 is 44.3 Å². The average Bonchev–Trinajstić information content (AvgIpc) is 2.74. The van der Waals surface area contributed by atoms with Gasteiger partial charge in [-0.15, -0.1) is 0 Å². The number of pyridine rings is 1. The fourth-order valence-electron chi connectivity index (χ4n) is 2.34. The Kier molecular flexibility index (Phi) is 1.91. The minimum absolute atomic E-state index is 0.509. The van der Waals surface area contributed by atoms with E-state index in [4.69, 9.17) is 16.0 Å². The van der Waals surface area contributed by atoms with Gasteiger partial charge in [0.25, 0.3) is 0 Å². The molecule has 2 nitrogen and oxygen atoms in total. The molecule has 0 fully saturated rings. The third-order valence-corrected chi connectivity index (χ3v) is 3.39. The minimum Gasteiger partial charge on any atom is -0.456 e. The van der Waals surface area contributed by atoms with Gasteiger partial charge in [-0.05, 0) is 29.7 Å². The molecule has 18 heavy (non-hydrogen) atoms. The zero-order chi connectivity index (χ0) is 12.1. The van der Waals surface area contributed by atoms with Crippen molar-refractivity contribution in [3.05, 3.63) is 53.8 Å². The number of hydrogen-bond donors (Lipinski definition) is 0. The van der Waals surface area contributed by atoms with Crippen molar-refractivity contribution in [2.45, 2.75) is 0 Å². The summed E-state index contributed by atoms with van der Waals surface area (Å²) >= 11 is 5.93. The number of furan rings is 1. The van der Waals surface area contributed by atoms with Crippen LogP contribution in [0.1, 0.15) is 0 Å². The number of nitrogens with zero attached hydrogens (tertiary/aromatic N) is 1. The van der Waals surface area contributed by atoms with Crippen LogP contribution >= 0.6 is 11.6 Å². The number of benzene rings is 2. The molecule has 0 aliphatic rings. The molecule has 2 aromatic heterocycles. The lowest BCUT2D eigenvalue weighted by Crippen LogP contribution is -1.77. The Morgan fingerprint density at radius 3 is 2.72 bits per heavy atom. The van der Waals surface area contributed by atoms with E-state index in [0.29, 0.717) is 5.15 Å². The van der Waals surface area contributed by atoms with Gasteiger partial charge in [-0.25, -0.2) is 4.98 Å². The van der Waals surface area contributed by atoms with Gasteiger partial charge < -0.3 is 4.42 Å². The molecule has 0 aliphatic heterocycles. The van der Waals surface area contributed by atoms with E-state index in [9.17, 15) is 0 Å². The van der Waals surface area contributed by atoms with Crippen LogP contribution in [0.15, 0.2) is 53.1 Å². The van der Waals surface area contributed by atoms with Gasteiger partial charge in [-0.1, -0.05) is 29.8 Å². The molecule has 2 heterocycles. The molecule has 0 unspecified atom stereocenters. The number of fused-ring (bicyclic) bond motifs is 4. The maximum atomic E-state index is 5.93. The van der Waals surface area contributed by atoms with Gasteiger partial charge in [0.2, 0.25) is 0 Å². The zero-order valence-electron chi connectivity index (χ0n) is 9.35. The van der Waals surface area contributed by atoms with Crippen molar-refractivity contribution in [3.8, 4) is 0 Å². The highest BCUT2D eigenvalue weighted by atomic mass is 35.5. The van der Waals surface area contributed by atoms with Crippen molar-refractivity contribution in [3.63, 3.8) is 0 Å². The molecule has 3 heteroatoms. The van der Waals surface area contributed by atoms with Crippen LogP contribution in [0.2, 0.25) is 5.15 Å². The Labute approximate surface area is 108 Å². The van der Waals surface area contributed by atoms with Gasteiger partial charge in [0.1, 0.15) is 16.3 Å². The monoisotopic (exact) mass is 253 g/mol. The molecule has 0 saturated carbocycles. The van der Waals surface area contributed by atoms with Crippen molar-refractivity contribution in [1.82, 2.24) is 4.98 Å². The molecule has 0 amide bonds. The first-order valence-electron chi connectivity index (χ1n) is 5.68. The Morgan fingerprint density at radius 1 is 0.889 bits per heavy atom. The number of aromatic nitrogens is 1. The van der Waals surface area contributed by atoms with Crippen molar-refractivity contribution in [2.24, 2.45) is 0 Å². The highest BCUT2D eigenvalue weighted by molar-refractivity contribution is 6.30. The van der Waals surface area contributed by atoms with Crippen LogP contribution < -0.4 is 0 Å². The lowest BCUT2D eigenvalue weighted by atomic mass is 10.1. The summed E-state index contributed by atoms with van der Waals surface area (Å²) in [6.45, 7) is 0. The molecule has 0 N–H and O–H groups in total. The first-order chi connectivity index (χ1) is 8.81. The van der Waals surface area contributed by atoms with Crippen LogP contribution in [0.5, 0.6) is 0 Å². The van der Waals surface area contributed by atoms with Crippen molar-refractivity contribution in [2.75, 3.05) is 0 Å². The van der Waals surface area contributed by atoms with E-state index in [1.54, 1.807) is 6.20 Å². The zero-order valence-corrected chi connectivity index (χ0v) is 10.1. The fourth-order valence-corrected chi connectivity index (χ4v) is 2.50. The molecule has 0 saturated heterocycles. The molecule has 0 bridgehead atoms. The highest BCUT2D eigenvalue weighted by Crippen LogP contribution is 2.32. The molecule has 2 aromatic carbocycles. The maximum Gasteiger partial charge on any atom is 0.136 e. The van der Waals surface area contributed by atoms with E-state index in [1.807, 2.05) is 30.3 Å². The summed E-state index contributed by atoms with van der Waals surface area (Å²) < 4.78 is 5.83. The van der Waals surface area contributed by atoms with Crippen LogP contribution in [-0.2, 0) is 0 Å². The molecule has 0 radical (unpaired) electrons. The second kappa shape index (κ2) is 3.47. The smallest absolute Gasteiger partial charge is 0.136 e. The molecule has 4 rings (SSSR count). The van der Waals surface area contributed by atoms with E-state index >= 15 is 0 Å². The standard InChI is InChI=1S/C15H8ClNO/c16-15-7-9-5-12-11-3-1-2-4-13(11)18-14(12)6-10(9)8-17-15/h1-8H. The third-order valence-electron chi connectivity index (χ3n) is 3.18. The number of hydrogen-bond acceptors (Lipinski definition) is 2. The summed E-state index contributed by atoms with van der Waals surface area (Å²) in [6.07, 6.45) is 1.77. The lowest BCUT2D eigenvalue weighted by molar-refractivity contribution is 0.669. The van der Waals surface area contributed by atoms with Gasteiger partial charge in [-0.3, -0.25) is 0 Å². The Bertz CT molecular complexity index is 895. The SMILES string of the molecule is Clc1cc2cc3c(cc2cn1)oc1ccccc13. The first kappa shape index (κ1) is 9.92. The summed E-state index contributed by atoms with van der Waals surface area (Å²) in [4.78, 5) is 4.09. The van der Waals surface area contributed by atoms with Crippen LogP contribution in [0.25, 0.3) is 32.7 Å². The maximum absolute atomic E-state index is 5.93. The highest BCUT2D eigenvalue weighted by Gasteiger charge is 2.07. The predicted octanol–water partition coefficient (Wildman–Crippen LogP) is 4.79. The van der Waals surface area contributed by atoms with E-state index < -0.39 is 0 Å². The van der Waals surface area contributed by atoms with Gasteiger partial charge in [0.05, 0.1) is 0 Å². The summed E-state index contributed by atoms with van der Waals surface area (Å²) in [5.74, 6) is 0. The molecule has 0 aliphatic carbocycles. The molecule has 86 valence electrons. The van der Waals surface area contributed by atoms with Crippen molar-refractivity contribution < 1.29 is 4.42 Å². The molecule has 0 spiro atoms. The third kappa shape index (κ3) is 1.33. The summed E-state index contributed by atoms with van der Waals surface area (Å²) in [5.41, 5.74) is 1.79. The minimum atomic E-state index is 0.509. The van der Waals surface area contributed by atoms with E-state index in [-0.39, 0.29) is 0 Å². The van der Waals surface area contributed by atoms with Crippen LogP contribution in [0.4, 0.5) is 0 Å². The fraction of sp³-hybridized carbons (Fsp3) is 0. The van der Waals surface area contributed by atoms with Gasteiger partial charge >= 0.3 is 0 Å². The molecular weight excluding hydrogens is 246 g/mol. The second-order valence-electron chi connectivity index (χ2n) is 4.30. The predicted molar refractivity (Wildman–Crippen MR) is 74.0 cm³/mol. The Balaban J connectivity index is 2.24. The average molecular weight is 254 g/mol. The number of para-hydroxylation sites is 1.